The van der Waals surface area contributed by atoms with Crippen LogP contribution in [0.3, 0.4) is 0 Å². The SMILES string of the molecule is Cc1ccc(C2CN(C)C=C3SC(Br)CC32)cc1. The van der Waals surface area contributed by atoms with Crippen LogP contribution in [0.5, 0.6) is 0 Å². The van der Waals surface area contributed by atoms with Crippen LogP contribution in [-0.2, 0) is 0 Å². The maximum Gasteiger partial charge on any atom is 0.0651 e. The van der Waals surface area contributed by atoms with Gasteiger partial charge in [0.15, 0.2) is 0 Å². The van der Waals surface area contributed by atoms with Crippen molar-refractivity contribution in [2.75, 3.05) is 13.6 Å². The summed E-state index contributed by atoms with van der Waals surface area (Å²) in [6, 6.07) is 9.09. The average molecular weight is 324 g/mol. The molecule has 0 aliphatic carbocycles. The molecule has 1 saturated heterocycles. The van der Waals surface area contributed by atoms with Crippen LogP contribution in [0.15, 0.2) is 35.4 Å². The van der Waals surface area contributed by atoms with Gasteiger partial charge in [-0.1, -0.05) is 45.8 Å². The molecule has 0 aromatic heterocycles. The lowest BCUT2D eigenvalue weighted by atomic mass is 9.82. The highest BCUT2D eigenvalue weighted by Crippen LogP contribution is 2.52. The molecule has 3 heteroatoms. The van der Waals surface area contributed by atoms with E-state index in [0.29, 0.717) is 16.0 Å². The Bertz CT molecular complexity index is 468. The third-order valence-corrected chi connectivity index (χ3v) is 5.96. The summed E-state index contributed by atoms with van der Waals surface area (Å²) >= 11 is 5.75. The molecule has 1 aromatic rings. The van der Waals surface area contributed by atoms with E-state index in [1.54, 1.807) is 4.91 Å². The van der Waals surface area contributed by atoms with Crippen molar-refractivity contribution in [3.05, 3.63) is 46.5 Å². The Morgan fingerprint density at radius 2 is 1.94 bits per heavy atom. The first-order valence-electron chi connectivity index (χ1n) is 6.43. The van der Waals surface area contributed by atoms with E-state index in [9.17, 15) is 0 Å². The van der Waals surface area contributed by atoms with Crippen molar-refractivity contribution in [1.29, 1.82) is 0 Å². The number of nitrogens with zero attached hydrogens (tertiary/aromatic N) is 1. The maximum absolute atomic E-state index is 3.76. The number of alkyl halides is 1. The molecule has 2 aliphatic rings. The summed E-state index contributed by atoms with van der Waals surface area (Å²) in [5.74, 6) is 1.35. The van der Waals surface area contributed by atoms with Crippen molar-refractivity contribution >= 4 is 27.7 Å². The molecule has 3 unspecified atom stereocenters. The fourth-order valence-corrected chi connectivity index (χ4v) is 5.27. The van der Waals surface area contributed by atoms with Crippen molar-refractivity contribution < 1.29 is 0 Å². The van der Waals surface area contributed by atoms with Crippen molar-refractivity contribution in [2.24, 2.45) is 5.92 Å². The zero-order valence-electron chi connectivity index (χ0n) is 10.8. The Kier molecular flexibility index (Phi) is 3.46. The molecule has 0 saturated carbocycles. The van der Waals surface area contributed by atoms with Crippen LogP contribution in [-0.4, -0.2) is 22.7 Å². The van der Waals surface area contributed by atoms with E-state index < -0.39 is 0 Å². The predicted octanol–water partition coefficient (Wildman–Crippen LogP) is 4.34. The first kappa shape index (κ1) is 12.6. The number of benzene rings is 1. The maximum atomic E-state index is 3.76. The second-order valence-electron chi connectivity index (χ2n) is 5.36. The van der Waals surface area contributed by atoms with Gasteiger partial charge in [0.2, 0.25) is 0 Å². The summed E-state index contributed by atoms with van der Waals surface area (Å²) < 4.78 is 0.591. The Hall–Kier alpha value is -0.410. The lowest BCUT2D eigenvalue weighted by Crippen LogP contribution is -2.30. The molecule has 0 N–H and O–H groups in total. The van der Waals surface area contributed by atoms with E-state index in [2.05, 4.69) is 65.3 Å². The number of halogens is 1. The number of hydrogen-bond acceptors (Lipinski definition) is 2. The molecule has 1 fully saturated rings. The van der Waals surface area contributed by atoms with E-state index in [0.717, 1.165) is 6.54 Å². The molecule has 96 valence electrons. The van der Waals surface area contributed by atoms with Gasteiger partial charge in [0.05, 0.1) is 4.16 Å². The second kappa shape index (κ2) is 4.93. The van der Waals surface area contributed by atoms with E-state index >= 15 is 0 Å². The fourth-order valence-electron chi connectivity index (χ4n) is 2.95. The highest BCUT2D eigenvalue weighted by molar-refractivity contribution is 9.11. The van der Waals surface area contributed by atoms with Gasteiger partial charge >= 0.3 is 0 Å². The highest BCUT2D eigenvalue weighted by Gasteiger charge is 2.38. The van der Waals surface area contributed by atoms with Crippen LogP contribution in [0, 0.1) is 12.8 Å². The van der Waals surface area contributed by atoms with E-state index in [4.69, 9.17) is 0 Å². The minimum atomic E-state index is 0.591. The van der Waals surface area contributed by atoms with Crippen LogP contribution >= 0.6 is 27.7 Å². The Labute approximate surface area is 122 Å². The summed E-state index contributed by atoms with van der Waals surface area (Å²) in [6.45, 7) is 3.29. The first-order chi connectivity index (χ1) is 8.63. The van der Waals surface area contributed by atoms with Gasteiger partial charge in [0.1, 0.15) is 0 Å². The van der Waals surface area contributed by atoms with E-state index in [1.165, 1.54) is 17.5 Å². The van der Waals surface area contributed by atoms with Gasteiger partial charge < -0.3 is 4.90 Å². The summed E-state index contributed by atoms with van der Waals surface area (Å²) in [5, 5.41) is 0. The third-order valence-electron chi connectivity index (χ3n) is 3.89. The minimum absolute atomic E-state index is 0.591. The monoisotopic (exact) mass is 323 g/mol. The molecule has 1 nitrogen and oxygen atoms in total. The average Bonchev–Trinajstić information content (AvgIpc) is 2.69. The summed E-state index contributed by atoms with van der Waals surface area (Å²) in [4.78, 5) is 3.89. The number of aryl methyl sites for hydroxylation is 1. The van der Waals surface area contributed by atoms with Gasteiger partial charge in [-0.25, -0.2) is 0 Å². The smallest absolute Gasteiger partial charge is 0.0651 e. The van der Waals surface area contributed by atoms with Crippen LogP contribution in [0.1, 0.15) is 23.5 Å². The van der Waals surface area contributed by atoms with Gasteiger partial charge in [-0.05, 0) is 18.9 Å². The van der Waals surface area contributed by atoms with Crippen molar-refractivity contribution in [3.63, 3.8) is 0 Å². The molecule has 2 heterocycles. The van der Waals surface area contributed by atoms with Gasteiger partial charge in [0, 0.05) is 36.5 Å². The zero-order chi connectivity index (χ0) is 12.7. The number of rotatable bonds is 1. The van der Waals surface area contributed by atoms with Crippen LogP contribution in [0.2, 0.25) is 0 Å². The fraction of sp³-hybridized carbons (Fsp3) is 0.467. The van der Waals surface area contributed by atoms with Crippen molar-refractivity contribution in [3.8, 4) is 0 Å². The molecule has 0 amide bonds. The van der Waals surface area contributed by atoms with E-state index in [-0.39, 0.29) is 0 Å². The number of fused-ring (bicyclic) bond motifs is 1. The largest absolute Gasteiger partial charge is 0.379 e. The topological polar surface area (TPSA) is 3.24 Å². The Morgan fingerprint density at radius 3 is 2.67 bits per heavy atom. The molecular weight excluding hydrogens is 306 g/mol. The van der Waals surface area contributed by atoms with Crippen molar-refractivity contribution in [1.82, 2.24) is 4.90 Å². The van der Waals surface area contributed by atoms with Gasteiger partial charge in [-0.15, -0.1) is 11.8 Å². The third kappa shape index (κ3) is 2.35. The lowest BCUT2D eigenvalue weighted by Gasteiger charge is -2.34. The van der Waals surface area contributed by atoms with Gasteiger partial charge in [-0.2, -0.15) is 0 Å². The van der Waals surface area contributed by atoms with Crippen LogP contribution in [0.4, 0.5) is 0 Å². The quantitative estimate of drug-likeness (QED) is 0.707. The highest BCUT2D eigenvalue weighted by atomic mass is 79.9. The lowest BCUT2D eigenvalue weighted by molar-refractivity contribution is 0.328. The minimum Gasteiger partial charge on any atom is -0.379 e. The number of hydrogen-bond donors (Lipinski definition) is 0. The molecule has 1 aromatic carbocycles. The normalized spacial score (nSPS) is 31.2. The molecule has 0 bridgehead atoms. The molecule has 0 radical (unpaired) electrons. The Morgan fingerprint density at radius 1 is 1.22 bits per heavy atom. The second-order valence-corrected chi connectivity index (χ2v) is 8.35. The summed E-state index contributed by atoms with van der Waals surface area (Å²) in [5.41, 5.74) is 2.84. The van der Waals surface area contributed by atoms with Gasteiger partial charge in [0.25, 0.3) is 0 Å². The molecular formula is C15H18BrNS. The van der Waals surface area contributed by atoms with Crippen LogP contribution < -0.4 is 0 Å². The molecule has 3 atom stereocenters. The molecule has 2 aliphatic heterocycles. The summed E-state index contributed by atoms with van der Waals surface area (Å²) in [6.07, 6.45) is 3.59. The Balaban J connectivity index is 1.92. The van der Waals surface area contributed by atoms with Gasteiger partial charge in [-0.3, -0.25) is 0 Å². The molecule has 3 rings (SSSR count). The zero-order valence-corrected chi connectivity index (χ0v) is 13.2. The molecule has 18 heavy (non-hydrogen) atoms. The number of allylic oxidation sites excluding steroid dienone is 1. The number of thioether (sulfide) groups is 1. The van der Waals surface area contributed by atoms with Crippen molar-refractivity contribution in [2.45, 2.75) is 23.4 Å². The van der Waals surface area contributed by atoms with E-state index in [1.807, 2.05) is 11.8 Å². The standard InChI is InChI=1S/C15H18BrNS/c1-10-3-5-11(6-4-10)13-8-17(2)9-14-12(13)7-15(16)18-14/h3-6,9,12-13,15H,7-8H2,1-2H3. The predicted molar refractivity (Wildman–Crippen MR) is 83.0 cm³/mol. The summed E-state index contributed by atoms with van der Waals surface area (Å²) in [7, 11) is 2.19. The van der Waals surface area contributed by atoms with Crippen LogP contribution in [0.25, 0.3) is 0 Å². The molecule has 0 spiro atoms. The number of likely N-dealkylation sites (N-methyl/N-ethyl adjacent to an activating group) is 1. The first-order valence-corrected chi connectivity index (χ1v) is 8.22.